The Labute approximate surface area is 149 Å². The molecule has 0 bridgehead atoms. The highest BCUT2D eigenvalue weighted by atomic mass is 16.3. The van der Waals surface area contributed by atoms with Crippen LogP contribution in [0.4, 0.5) is 0 Å². The molecule has 0 spiro atoms. The Morgan fingerprint density at radius 1 is 1.32 bits per heavy atom. The maximum absolute atomic E-state index is 13.3. The number of nitrogens with zero attached hydrogens (tertiary/aromatic N) is 2. The number of nitrogens with two attached hydrogens (primary N) is 2. The molecule has 2 heterocycles. The molecule has 4 N–H and O–H groups in total. The SMILES string of the molecule is CC1CCCN1C(=O)C(C1CCCCC1)N(N)/C=C(\N)c1ccco1. The van der Waals surface area contributed by atoms with E-state index in [0.717, 1.165) is 45.1 Å². The molecule has 1 aliphatic carbocycles. The summed E-state index contributed by atoms with van der Waals surface area (Å²) in [6, 6.07) is 3.51. The number of likely N-dealkylation sites (tertiary alicyclic amines) is 1. The van der Waals surface area contributed by atoms with Crippen LogP contribution >= 0.6 is 0 Å². The van der Waals surface area contributed by atoms with Crippen molar-refractivity contribution in [1.82, 2.24) is 9.91 Å². The van der Waals surface area contributed by atoms with Crippen molar-refractivity contribution >= 4 is 11.6 Å². The average Bonchev–Trinajstić information content (AvgIpc) is 3.27. The summed E-state index contributed by atoms with van der Waals surface area (Å²) >= 11 is 0. The Morgan fingerprint density at radius 2 is 2.08 bits per heavy atom. The lowest BCUT2D eigenvalue weighted by molar-refractivity contribution is -0.139. The molecule has 1 saturated heterocycles. The summed E-state index contributed by atoms with van der Waals surface area (Å²) < 4.78 is 5.33. The molecular formula is C19H30N4O2. The molecule has 0 aromatic carbocycles. The van der Waals surface area contributed by atoms with Crippen molar-refractivity contribution in [2.24, 2.45) is 17.5 Å². The molecule has 2 atom stereocenters. The monoisotopic (exact) mass is 346 g/mol. The largest absolute Gasteiger partial charge is 0.463 e. The lowest BCUT2D eigenvalue weighted by Crippen LogP contribution is -2.54. The third kappa shape index (κ3) is 4.00. The van der Waals surface area contributed by atoms with Crippen molar-refractivity contribution in [2.45, 2.75) is 64.0 Å². The van der Waals surface area contributed by atoms with Crippen molar-refractivity contribution in [3.05, 3.63) is 30.4 Å². The first kappa shape index (κ1) is 17.9. The smallest absolute Gasteiger partial charge is 0.247 e. The predicted molar refractivity (Wildman–Crippen MR) is 97.7 cm³/mol. The van der Waals surface area contributed by atoms with Gasteiger partial charge in [0.05, 0.1) is 12.0 Å². The van der Waals surface area contributed by atoms with Crippen LogP contribution in [0, 0.1) is 5.92 Å². The molecule has 2 fully saturated rings. The number of hydrazine groups is 1. The van der Waals surface area contributed by atoms with Gasteiger partial charge in [-0.25, -0.2) is 5.84 Å². The van der Waals surface area contributed by atoms with Crippen molar-refractivity contribution in [2.75, 3.05) is 6.54 Å². The Bertz CT molecular complexity index is 593. The van der Waals surface area contributed by atoms with E-state index in [1.165, 1.54) is 11.4 Å². The second-order valence-corrected chi connectivity index (χ2v) is 7.37. The highest BCUT2D eigenvalue weighted by Gasteiger charge is 2.38. The predicted octanol–water partition coefficient (Wildman–Crippen LogP) is 2.67. The molecule has 1 aliphatic heterocycles. The molecule has 1 aromatic rings. The third-order valence-corrected chi connectivity index (χ3v) is 5.60. The maximum Gasteiger partial charge on any atom is 0.247 e. The van der Waals surface area contributed by atoms with Crippen molar-refractivity contribution in [1.29, 1.82) is 0 Å². The van der Waals surface area contributed by atoms with Crippen molar-refractivity contribution in [3.8, 4) is 0 Å². The molecular weight excluding hydrogens is 316 g/mol. The van der Waals surface area contributed by atoms with Gasteiger partial charge < -0.3 is 20.1 Å². The highest BCUT2D eigenvalue weighted by molar-refractivity contribution is 5.83. The van der Waals surface area contributed by atoms with Gasteiger partial charge in [0.25, 0.3) is 0 Å². The van der Waals surface area contributed by atoms with E-state index in [4.69, 9.17) is 16.0 Å². The summed E-state index contributed by atoms with van der Waals surface area (Å²) in [5.74, 6) is 7.35. The molecule has 6 nitrogen and oxygen atoms in total. The topological polar surface area (TPSA) is 88.7 Å². The Balaban J connectivity index is 1.82. The van der Waals surface area contributed by atoms with E-state index in [1.54, 1.807) is 24.6 Å². The van der Waals surface area contributed by atoms with Gasteiger partial charge in [0.2, 0.25) is 5.91 Å². The third-order valence-electron chi connectivity index (χ3n) is 5.60. The first-order chi connectivity index (χ1) is 12.1. The van der Waals surface area contributed by atoms with E-state index in [9.17, 15) is 4.79 Å². The fourth-order valence-corrected chi connectivity index (χ4v) is 4.20. The lowest BCUT2D eigenvalue weighted by Gasteiger charge is -2.38. The average molecular weight is 346 g/mol. The number of carbonyl (C=O) groups is 1. The van der Waals surface area contributed by atoms with Gasteiger partial charge >= 0.3 is 0 Å². The summed E-state index contributed by atoms with van der Waals surface area (Å²) in [5.41, 5.74) is 6.55. The molecule has 2 unspecified atom stereocenters. The van der Waals surface area contributed by atoms with Gasteiger partial charge in [-0.15, -0.1) is 0 Å². The van der Waals surface area contributed by atoms with Crippen LogP contribution in [-0.2, 0) is 4.79 Å². The minimum Gasteiger partial charge on any atom is -0.463 e. The molecule has 3 rings (SSSR count). The minimum absolute atomic E-state index is 0.142. The second-order valence-electron chi connectivity index (χ2n) is 7.37. The van der Waals surface area contributed by atoms with Gasteiger partial charge in [0, 0.05) is 18.8 Å². The summed E-state index contributed by atoms with van der Waals surface area (Å²) in [6.07, 6.45) is 11.0. The van der Waals surface area contributed by atoms with Crippen LogP contribution < -0.4 is 11.6 Å². The molecule has 138 valence electrons. The zero-order valence-electron chi connectivity index (χ0n) is 15.1. The van der Waals surface area contributed by atoms with Crippen molar-refractivity contribution in [3.63, 3.8) is 0 Å². The summed E-state index contributed by atoms with van der Waals surface area (Å²) in [4.78, 5) is 15.3. The highest BCUT2D eigenvalue weighted by Crippen LogP contribution is 2.31. The van der Waals surface area contributed by atoms with Gasteiger partial charge in [0.15, 0.2) is 5.76 Å². The number of carbonyl (C=O) groups excluding carboxylic acids is 1. The number of amides is 1. The Morgan fingerprint density at radius 3 is 2.68 bits per heavy atom. The minimum atomic E-state index is -0.352. The van der Waals surface area contributed by atoms with Gasteiger partial charge in [-0.2, -0.15) is 0 Å². The maximum atomic E-state index is 13.3. The quantitative estimate of drug-likeness (QED) is 0.632. The Hall–Kier alpha value is -1.95. The Kier molecular flexibility index (Phi) is 5.68. The number of rotatable bonds is 5. The van der Waals surface area contributed by atoms with Gasteiger partial charge in [0.1, 0.15) is 6.04 Å². The van der Waals surface area contributed by atoms with Gasteiger partial charge in [-0.05, 0) is 50.7 Å². The van der Waals surface area contributed by atoms with Crippen LogP contribution in [-0.4, -0.2) is 34.4 Å². The summed E-state index contributed by atoms with van der Waals surface area (Å²) in [6.45, 7) is 2.95. The summed E-state index contributed by atoms with van der Waals surface area (Å²) in [7, 11) is 0. The van der Waals surface area contributed by atoms with E-state index in [1.807, 2.05) is 4.90 Å². The number of furan rings is 1. The molecule has 25 heavy (non-hydrogen) atoms. The van der Waals surface area contributed by atoms with Crippen LogP contribution in [0.5, 0.6) is 0 Å². The van der Waals surface area contributed by atoms with Crippen LogP contribution in [0.1, 0.15) is 57.6 Å². The fraction of sp³-hybridized carbons (Fsp3) is 0.632. The molecule has 2 aliphatic rings. The molecule has 1 aromatic heterocycles. The van der Waals surface area contributed by atoms with E-state index in [-0.39, 0.29) is 17.9 Å². The van der Waals surface area contributed by atoms with Gasteiger partial charge in [-0.3, -0.25) is 4.79 Å². The molecule has 1 saturated carbocycles. The van der Waals surface area contributed by atoms with E-state index >= 15 is 0 Å². The zero-order valence-corrected chi connectivity index (χ0v) is 15.1. The standard InChI is InChI=1S/C19H30N4O2/c1-14-7-5-11-22(14)19(24)18(15-8-3-2-4-9-15)23(21)13-16(20)17-10-6-12-25-17/h6,10,12-15,18H,2-5,7-9,11,20-21H2,1H3/b16-13-. The zero-order chi connectivity index (χ0) is 17.8. The molecule has 0 radical (unpaired) electrons. The van der Waals surface area contributed by atoms with Crippen LogP contribution in [0.3, 0.4) is 0 Å². The van der Waals surface area contributed by atoms with Crippen LogP contribution in [0.25, 0.3) is 5.70 Å². The first-order valence-electron chi connectivity index (χ1n) is 9.42. The molecule has 6 heteroatoms. The van der Waals surface area contributed by atoms with Crippen molar-refractivity contribution < 1.29 is 9.21 Å². The van der Waals surface area contributed by atoms with Crippen LogP contribution in [0.15, 0.2) is 29.0 Å². The first-order valence-corrected chi connectivity index (χ1v) is 9.42. The summed E-state index contributed by atoms with van der Waals surface area (Å²) in [5, 5.41) is 1.53. The number of hydrogen-bond donors (Lipinski definition) is 2. The fourth-order valence-electron chi connectivity index (χ4n) is 4.20. The van der Waals surface area contributed by atoms with E-state index in [2.05, 4.69) is 6.92 Å². The normalized spacial score (nSPS) is 23.7. The van der Waals surface area contributed by atoms with E-state index < -0.39 is 0 Å². The molecule has 1 amide bonds. The lowest BCUT2D eigenvalue weighted by atomic mass is 9.83. The second kappa shape index (κ2) is 7.95. The number of hydrogen-bond acceptors (Lipinski definition) is 5. The van der Waals surface area contributed by atoms with Gasteiger partial charge in [-0.1, -0.05) is 19.3 Å². The van der Waals surface area contributed by atoms with Crippen LogP contribution in [0.2, 0.25) is 0 Å². The van der Waals surface area contributed by atoms with E-state index in [0.29, 0.717) is 17.5 Å².